The van der Waals surface area contributed by atoms with Gasteiger partial charge in [0, 0.05) is 24.0 Å². The molecule has 2 heterocycles. The highest BCUT2D eigenvalue weighted by Crippen LogP contribution is 2.09. The highest BCUT2D eigenvalue weighted by molar-refractivity contribution is 7.09. The van der Waals surface area contributed by atoms with E-state index in [1.165, 1.54) is 4.88 Å². The average molecular weight is 237 g/mol. The Labute approximate surface area is 96.3 Å². The van der Waals surface area contributed by atoms with Gasteiger partial charge in [-0.3, -0.25) is 9.48 Å². The van der Waals surface area contributed by atoms with Crippen LogP contribution in [0.3, 0.4) is 0 Å². The van der Waals surface area contributed by atoms with E-state index in [9.17, 15) is 4.79 Å². The highest BCUT2D eigenvalue weighted by Gasteiger charge is 2.05. The fraction of sp³-hybridized carbons (Fsp3) is 0.300. The fourth-order valence-electron chi connectivity index (χ4n) is 1.36. The molecule has 0 radical (unpaired) electrons. The molecular weight excluding hydrogens is 226 g/mol. The molecule has 6 heteroatoms. The molecule has 2 aromatic rings. The Hall–Kier alpha value is -1.69. The Morgan fingerprint density at radius 2 is 2.44 bits per heavy atom. The van der Waals surface area contributed by atoms with Gasteiger partial charge in [0.1, 0.15) is 0 Å². The SMILES string of the molecule is O=C(O)Cc1cn(CCc2cccs2)nn1. The summed E-state index contributed by atoms with van der Waals surface area (Å²) in [6.07, 6.45) is 2.51. The van der Waals surface area contributed by atoms with E-state index in [1.807, 2.05) is 11.4 Å². The number of aliphatic carboxylic acids is 1. The van der Waals surface area contributed by atoms with Crippen LogP contribution in [0.1, 0.15) is 10.6 Å². The lowest BCUT2D eigenvalue weighted by atomic mass is 10.3. The van der Waals surface area contributed by atoms with Gasteiger partial charge in [-0.2, -0.15) is 0 Å². The van der Waals surface area contributed by atoms with Crippen molar-refractivity contribution in [3.63, 3.8) is 0 Å². The van der Waals surface area contributed by atoms with Crippen molar-refractivity contribution in [2.45, 2.75) is 19.4 Å². The number of carboxylic acids is 1. The summed E-state index contributed by atoms with van der Waals surface area (Å²) >= 11 is 1.70. The molecule has 16 heavy (non-hydrogen) atoms. The molecule has 0 atom stereocenters. The van der Waals surface area contributed by atoms with E-state index < -0.39 is 5.97 Å². The van der Waals surface area contributed by atoms with Gasteiger partial charge in [-0.25, -0.2) is 0 Å². The van der Waals surface area contributed by atoms with E-state index in [4.69, 9.17) is 5.11 Å². The Kier molecular flexibility index (Phi) is 3.31. The molecule has 5 nitrogen and oxygen atoms in total. The van der Waals surface area contributed by atoms with Crippen LogP contribution in [-0.4, -0.2) is 26.1 Å². The van der Waals surface area contributed by atoms with Crippen molar-refractivity contribution in [1.29, 1.82) is 0 Å². The summed E-state index contributed by atoms with van der Waals surface area (Å²) in [5.74, 6) is -0.884. The highest BCUT2D eigenvalue weighted by atomic mass is 32.1. The molecule has 0 aliphatic rings. The molecule has 0 saturated carbocycles. The van der Waals surface area contributed by atoms with Gasteiger partial charge in [0.25, 0.3) is 0 Å². The van der Waals surface area contributed by atoms with Gasteiger partial charge in [-0.1, -0.05) is 11.3 Å². The number of carboxylic acid groups (broad SMARTS) is 1. The van der Waals surface area contributed by atoms with Gasteiger partial charge in [0.15, 0.2) is 0 Å². The summed E-state index contributed by atoms with van der Waals surface area (Å²) in [5, 5.41) is 18.3. The van der Waals surface area contributed by atoms with Gasteiger partial charge in [0.2, 0.25) is 0 Å². The molecule has 0 unspecified atom stereocenters. The van der Waals surface area contributed by atoms with Gasteiger partial charge in [0.05, 0.1) is 12.1 Å². The van der Waals surface area contributed by atoms with Gasteiger partial charge < -0.3 is 5.11 Å². The lowest BCUT2D eigenvalue weighted by Crippen LogP contribution is -2.01. The first-order valence-corrected chi connectivity index (χ1v) is 5.75. The zero-order valence-electron chi connectivity index (χ0n) is 8.54. The quantitative estimate of drug-likeness (QED) is 0.848. The molecule has 0 aliphatic heterocycles. The maximum atomic E-state index is 10.4. The van der Waals surface area contributed by atoms with E-state index in [0.29, 0.717) is 5.69 Å². The molecule has 0 aromatic carbocycles. The Morgan fingerprint density at radius 1 is 1.56 bits per heavy atom. The molecular formula is C10H11N3O2S. The molecule has 0 fully saturated rings. The van der Waals surface area contributed by atoms with Crippen molar-refractivity contribution in [2.24, 2.45) is 0 Å². The van der Waals surface area contributed by atoms with Gasteiger partial charge >= 0.3 is 5.97 Å². The molecule has 0 amide bonds. The number of carbonyl (C=O) groups is 1. The molecule has 0 aliphatic carbocycles. The standard InChI is InChI=1S/C10H11N3O2S/c14-10(15)6-8-7-13(12-11-8)4-3-9-2-1-5-16-9/h1-2,5,7H,3-4,6H2,(H,14,15). The second-order valence-corrected chi connectivity index (χ2v) is 4.41. The third-order valence-corrected chi connectivity index (χ3v) is 3.02. The summed E-state index contributed by atoms with van der Waals surface area (Å²) in [6.45, 7) is 0.729. The number of aryl methyl sites for hydroxylation is 2. The predicted octanol–water partition coefficient (Wildman–Crippen LogP) is 1.21. The van der Waals surface area contributed by atoms with Gasteiger partial charge in [-0.05, 0) is 11.4 Å². The average Bonchev–Trinajstić information content (AvgIpc) is 2.84. The Bertz CT molecular complexity index is 464. The van der Waals surface area contributed by atoms with Crippen molar-refractivity contribution >= 4 is 17.3 Å². The van der Waals surface area contributed by atoms with E-state index in [2.05, 4.69) is 16.4 Å². The number of aromatic nitrogens is 3. The van der Waals surface area contributed by atoms with Crippen LogP contribution in [0.4, 0.5) is 0 Å². The van der Waals surface area contributed by atoms with Crippen molar-refractivity contribution in [3.05, 3.63) is 34.3 Å². The van der Waals surface area contributed by atoms with Crippen molar-refractivity contribution in [2.75, 3.05) is 0 Å². The van der Waals surface area contributed by atoms with E-state index in [1.54, 1.807) is 22.2 Å². The van der Waals surface area contributed by atoms with Gasteiger partial charge in [-0.15, -0.1) is 16.4 Å². The Morgan fingerprint density at radius 3 is 3.12 bits per heavy atom. The molecule has 2 rings (SSSR count). The van der Waals surface area contributed by atoms with Crippen LogP contribution in [-0.2, 0) is 24.2 Å². The van der Waals surface area contributed by atoms with Crippen LogP contribution in [0.25, 0.3) is 0 Å². The van der Waals surface area contributed by atoms with E-state index in [0.717, 1.165) is 13.0 Å². The smallest absolute Gasteiger partial charge is 0.309 e. The summed E-state index contributed by atoms with van der Waals surface area (Å²) in [4.78, 5) is 11.7. The number of hydrogen-bond donors (Lipinski definition) is 1. The first-order valence-electron chi connectivity index (χ1n) is 4.87. The summed E-state index contributed by atoms with van der Waals surface area (Å²) in [5.41, 5.74) is 0.499. The summed E-state index contributed by atoms with van der Waals surface area (Å²) in [6, 6.07) is 4.08. The zero-order valence-corrected chi connectivity index (χ0v) is 9.35. The van der Waals surface area contributed by atoms with Crippen molar-refractivity contribution in [3.8, 4) is 0 Å². The molecule has 0 bridgehead atoms. The molecule has 84 valence electrons. The predicted molar refractivity (Wildman–Crippen MR) is 59.4 cm³/mol. The fourth-order valence-corrected chi connectivity index (χ4v) is 2.06. The first-order chi connectivity index (χ1) is 7.74. The second-order valence-electron chi connectivity index (χ2n) is 3.37. The van der Waals surface area contributed by atoms with Crippen LogP contribution in [0.2, 0.25) is 0 Å². The molecule has 1 N–H and O–H groups in total. The van der Waals surface area contributed by atoms with Crippen LogP contribution in [0.15, 0.2) is 23.7 Å². The largest absolute Gasteiger partial charge is 0.481 e. The maximum Gasteiger partial charge on any atom is 0.309 e. The van der Waals surface area contributed by atoms with Crippen molar-refractivity contribution in [1.82, 2.24) is 15.0 Å². The lowest BCUT2D eigenvalue weighted by Gasteiger charge is -1.96. The third kappa shape index (κ3) is 2.90. The number of rotatable bonds is 5. The number of hydrogen-bond acceptors (Lipinski definition) is 4. The summed E-state index contributed by atoms with van der Waals surface area (Å²) in [7, 11) is 0. The maximum absolute atomic E-state index is 10.4. The molecule has 0 spiro atoms. The molecule has 0 saturated heterocycles. The van der Waals surface area contributed by atoms with E-state index >= 15 is 0 Å². The summed E-state index contributed by atoms with van der Waals surface area (Å²) < 4.78 is 1.68. The first kappa shape index (κ1) is 10.8. The topological polar surface area (TPSA) is 68.0 Å². The van der Waals surface area contributed by atoms with Crippen LogP contribution < -0.4 is 0 Å². The zero-order chi connectivity index (χ0) is 11.4. The second kappa shape index (κ2) is 4.89. The minimum Gasteiger partial charge on any atom is -0.481 e. The van der Waals surface area contributed by atoms with Crippen molar-refractivity contribution < 1.29 is 9.90 Å². The lowest BCUT2D eigenvalue weighted by molar-refractivity contribution is -0.136. The number of thiophene rings is 1. The minimum atomic E-state index is -0.884. The van der Waals surface area contributed by atoms with Crippen LogP contribution in [0, 0.1) is 0 Å². The normalized spacial score (nSPS) is 10.5. The Balaban J connectivity index is 1.90. The monoisotopic (exact) mass is 237 g/mol. The van der Waals surface area contributed by atoms with Crippen LogP contribution in [0.5, 0.6) is 0 Å². The van der Waals surface area contributed by atoms with Crippen LogP contribution >= 0.6 is 11.3 Å². The minimum absolute atomic E-state index is 0.0704. The third-order valence-electron chi connectivity index (χ3n) is 2.09. The van der Waals surface area contributed by atoms with E-state index in [-0.39, 0.29) is 6.42 Å². The molecule has 2 aromatic heterocycles. The number of nitrogens with zero attached hydrogens (tertiary/aromatic N) is 3.